The molecule has 0 amide bonds. The zero-order valence-electron chi connectivity index (χ0n) is 10.9. The highest BCUT2D eigenvalue weighted by molar-refractivity contribution is 4.91. The number of aromatic nitrogens is 2. The molecule has 1 N–H and O–H groups in total. The molecule has 0 saturated carbocycles. The Bertz CT molecular complexity index is 307. The summed E-state index contributed by atoms with van der Waals surface area (Å²) in [4.78, 5) is 0. The van der Waals surface area contributed by atoms with E-state index in [1.165, 1.54) is 0 Å². The molecule has 16 heavy (non-hydrogen) atoms. The van der Waals surface area contributed by atoms with E-state index in [0.29, 0.717) is 17.9 Å². The van der Waals surface area contributed by atoms with Crippen LogP contribution in [0.4, 0.5) is 0 Å². The van der Waals surface area contributed by atoms with Crippen LogP contribution < -0.4 is 5.32 Å². The van der Waals surface area contributed by atoms with Gasteiger partial charge >= 0.3 is 0 Å². The Hall–Kier alpha value is -0.900. The second kappa shape index (κ2) is 5.99. The van der Waals surface area contributed by atoms with Crippen LogP contribution in [0.1, 0.15) is 52.3 Å². The molecule has 1 unspecified atom stereocenters. The number of nitrogens with zero attached hydrogens (tertiary/aromatic N) is 2. The molecule has 0 radical (unpaired) electrons. The van der Waals surface area contributed by atoms with Crippen molar-refractivity contribution >= 4 is 0 Å². The highest BCUT2D eigenvalue weighted by atomic mass is 16.4. The maximum absolute atomic E-state index is 5.63. The quantitative estimate of drug-likeness (QED) is 0.807. The lowest BCUT2D eigenvalue weighted by atomic mass is 9.98. The van der Waals surface area contributed by atoms with E-state index in [1.54, 1.807) is 0 Å². The Morgan fingerprint density at radius 3 is 2.38 bits per heavy atom. The van der Waals surface area contributed by atoms with E-state index < -0.39 is 0 Å². The van der Waals surface area contributed by atoms with Gasteiger partial charge in [0.15, 0.2) is 0 Å². The fourth-order valence-corrected chi connectivity index (χ4v) is 1.30. The molecule has 0 saturated heterocycles. The van der Waals surface area contributed by atoms with Gasteiger partial charge in [0.05, 0.1) is 0 Å². The minimum atomic E-state index is 0.333. The molecule has 4 nitrogen and oxygen atoms in total. The summed E-state index contributed by atoms with van der Waals surface area (Å²) in [7, 11) is 0. The predicted molar refractivity (Wildman–Crippen MR) is 64.4 cm³/mol. The van der Waals surface area contributed by atoms with Crippen molar-refractivity contribution in [2.24, 2.45) is 5.92 Å². The lowest BCUT2D eigenvalue weighted by molar-refractivity contribution is 0.378. The first-order valence-electron chi connectivity index (χ1n) is 6.06. The molecular weight excluding hydrogens is 202 g/mol. The highest BCUT2D eigenvalue weighted by Crippen LogP contribution is 2.21. The second-order valence-corrected chi connectivity index (χ2v) is 4.93. The van der Waals surface area contributed by atoms with Gasteiger partial charge in [0.1, 0.15) is 0 Å². The molecule has 1 heterocycles. The zero-order valence-corrected chi connectivity index (χ0v) is 10.9. The molecule has 0 aliphatic carbocycles. The second-order valence-electron chi connectivity index (χ2n) is 4.93. The van der Waals surface area contributed by atoms with Crippen LogP contribution >= 0.6 is 0 Å². The van der Waals surface area contributed by atoms with E-state index in [9.17, 15) is 0 Å². The Balaban J connectivity index is 2.45. The number of hydrogen-bond donors (Lipinski definition) is 1. The van der Waals surface area contributed by atoms with Crippen LogP contribution in [0.15, 0.2) is 4.42 Å². The van der Waals surface area contributed by atoms with Crippen LogP contribution in [0.25, 0.3) is 0 Å². The molecule has 0 aliphatic rings. The van der Waals surface area contributed by atoms with Crippen molar-refractivity contribution in [1.82, 2.24) is 15.5 Å². The normalized spacial score (nSPS) is 13.7. The van der Waals surface area contributed by atoms with E-state index in [2.05, 4.69) is 50.1 Å². The molecule has 4 heteroatoms. The van der Waals surface area contributed by atoms with Gasteiger partial charge in [0.25, 0.3) is 0 Å². The van der Waals surface area contributed by atoms with Gasteiger partial charge in [-0.1, -0.05) is 34.6 Å². The minimum absolute atomic E-state index is 0.333. The van der Waals surface area contributed by atoms with Crippen molar-refractivity contribution in [1.29, 1.82) is 0 Å². The van der Waals surface area contributed by atoms with Gasteiger partial charge in [-0.2, -0.15) is 0 Å². The predicted octanol–water partition coefficient (Wildman–Crippen LogP) is 2.37. The summed E-state index contributed by atoms with van der Waals surface area (Å²) in [6, 6.07) is 0.497. The smallest absolute Gasteiger partial charge is 0.219 e. The molecule has 0 bridgehead atoms. The first kappa shape index (κ1) is 13.2. The van der Waals surface area contributed by atoms with Crippen LogP contribution in [0.5, 0.6) is 0 Å². The summed E-state index contributed by atoms with van der Waals surface area (Å²) in [5.41, 5.74) is 0. The van der Waals surface area contributed by atoms with Crippen molar-refractivity contribution < 1.29 is 4.42 Å². The molecule has 92 valence electrons. The minimum Gasteiger partial charge on any atom is -0.425 e. The van der Waals surface area contributed by atoms with Crippen LogP contribution in [-0.2, 0) is 6.42 Å². The van der Waals surface area contributed by atoms with Gasteiger partial charge in [-0.05, 0) is 5.92 Å². The van der Waals surface area contributed by atoms with E-state index >= 15 is 0 Å². The summed E-state index contributed by atoms with van der Waals surface area (Å²) < 4.78 is 5.63. The fraction of sp³-hybridized carbons (Fsp3) is 0.833. The number of nitrogens with one attached hydrogen (secondary N) is 1. The van der Waals surface area contributed by atoms with Gasteiger partial charge in [-0.15, -0.1) is 10.2 Å². The summed E-state index contributed by atoms with van der Waals surface area (Å²) >= 11 is 0. The first-order chi connectivity index (χ1) is 7.50. The molecule has 1 aromatic heterocycles. The van der Waals surface area contributed by atoms with Crippen molar-refractivity contribution in [3.05, 3.63) is 11.8 Å². The Kier molecular flexibility index (Phi) is 4.93. The zero-order chi connectivity index (χ0) is 12.1. The molecule has 1 rings (SSSR count). The maximum Gasteiger partial charge on any atom is 0.219 e. The van der Waals surface area contributed by atoms with E-state index in [0.717, 1.165) is 24.7 Å². The average molecular weight is 225 g/mol. The van der Waals surface area contributed by atoms with Crippen molar-refractivity contribution in [3.63, 3.8) is 0 Å². The first-order valence-corrected chi connectivity index (χ1v) is 6.06. The molecule has 1 atom stereocenters. The number of rotatable bonds is 6. The standard InChI is InChI=1S/C12H23N3O/c1-8(2)10(5)12-15-14-11(16-12)6-7-13-9(3)4/h8-10,13H,6-7H2,1-5H3. The van der Waals surface area contributed by atoms with Crippen LogP contribution in [0.2, 0.25) is 0 Å². The van der Waals surface area contributed by atoms with Crippen LogP contribution in [0.3, 0.4) is 0 Å². The van der Waals surface area contributed by atoms with Crippen molar-refractivity contribution in [2.75, 3.05) is 6.54 Å². The topological polar surface area (TPSA) is 51.0 Å². The highest BCUT2D eigenvalue weighted by Gasteiger charge is 2.16. The summed E-state index contributed by atoms with van der Waals surface area (Å²) in [6.45, 7) is 11.6. The molecule has 0 aliphatic heterocycles. The third-order valence-electron chi connectivity index (χ3n) is 2.76. The van der Waals surface area contributed by atoms with Gasteiger partial charge in [-0.3, -0.25) is 0 Å². The largest absolute Gasteiger partial charge is 0.425 e. The molecular formula is C12H23N3O. The Labute approximate surface area is 97.8 Å². The lowest BCUT2D eigenvalue weighted by Gasteiger charge is -2.09. The van der Waals surface area contributed by atoms with Gasteiger partial charge in [0.2, 0.25) is 11.8 Å². The van der Waals surface area contributed by atoms with Crippen molar-refractivity contribution in [3.8, 4) is 0 Å². The maximum atomic E-state index is 5.63. The Morgan fingerprint density at radius 1 is 1.12 bits per heavy atom. The molecule has 0 spiro atoms. The van der Waals surface area contributed by atoms with Crippen LogP contribution in [-0.4, -0.2) is 22.8 Å². The van der Waals surface area contributed by atoms with Crippen molar-refractivity contribution in [2.45, 2.75) is 53.0 Å². The summed E-state index contributed by atoms with van der Waals surface area (Å²) in [6.07, 6.45) is 0.802. The third kappa shape index (κ3) is 3.93. The van der Waals surface area contributed by atoms with E-state index in [-0.39, 0.29) is 0 Å². The van der Waals surface area contributed by atoms with Gasteiger partial charge < -0.3 is 9.73 Å². The summed E-state index contributed by atoms with van der Waals surface area (Å²) in [5.74, 6) is 2.35. The molecule has 0 aromatic carbocycles. The third-order valence-corrected chi connectivity index (χ3v) is 2.76. The van der Waals surface area contributed by atoms with Crippen LogP contribution in [0, 0.1) is 5.92 Å². The Morgan fingerprint density at radius 2 is 1.81 bits per heavy atom. The molecule has 0 fully saturated rings. The van der Waals surface area contributed by atoms with E-state index in [1.807, 2.05) is 0 Å². The average Bonchev–Trinajstić information content (AvgIpc) is 2.64. The van der Waals surface area contributed by atoms with Gasteiger partial charge in [0, 0.05) is 24.9 Å². The van der Waals surface area contributed by atoms with Gasteiger partial charge in [-0.25, -0.2) is 0 Å². The molecule has 1 aromatic rings. The number of hydrogen-bond acceptors (Lipinski definition) is 4. The SMILES string of the molecule is CC(C)NCCc1nnc(C(C)C(C)C)o1. The fourth-order valence-electron chi connectivity index (χ4n) is 1.30. The monoisotopic (exact) mass is 225 g/mol. The van der Waals surface area contributed by atoms with E-state index in [4.69, 9.17) is 4.42 Å². The summed E-state index contributed by atoms with van der Waals surface area (Å²) in [5, 5.41) is 11.5. The lowest BCUT2D eigenvalue weighted by Crippen LogP contribution is -2.25.